The van der Waals surface area contributed by atoms with E-state index in [1.54, 1.807) is 0 Å². The van der Waals surface area contributed by atoms with E-state index in [-0.39, 0.29) is 24.3 Å². The standard InChI is InChI=1S/C17H29N3O3/c21-16(20-9-4-5-11-23-20)12-15-17(22)18-8-10-19(15)13-14-6-2-1-3-7-14/h14-15H,1-13H2,(H,18,22). The summed E-state index contributed by atoms with van der Waals surface area (Å²) in [5.74, 6) is 0.622. The fourth-order valence-corrected chi connectivity index (χ4v) is 3.96. The Hall–Kier alpha value is -1.14. The Bertz CT molecular complexity index is 417. The van der Waals surface area contributed by atoms with E-state index < -0.39 is 0 Å². The summed E-state index contributed by atoms with van der Waals surface area (Å²) >= 11 is 0. The number of hydroxylamine groups is 2. The molecule has 0 aromatic carbocycles. The maximum absolute atomic E-state index is 12.4. The summed E-state index contributed by atoms with van der Waals surface area (Å²) in [6.07, 6.45) is 8.67. The number of nitrogens with one attached hydrogen (secondary N) is 1. The molecule has 3 rings (SSSR count). The number of hydrogen-bond acceptors (Lipinski definition) is 4. The highest BCUT2D eigenvalue weighted by Crippen LogP contribution is 2.26. The van der Waals surface area contributed by atoms with E-state index in [1.165, 1.54) is 37.2 Å². The lowest BCUT2D eigenvalue weighted by Crippen LogP contribution is -2.57. The Morgan fingerprint density at radius 1 is 1.13 bits per heavy atom. The van der Waals surface area contributed by atoms with Gasteiger partial charge < -0.3 is 5.32 Å². The zero-order valence-electron chi connectivity index (χ0n) is 14.0. The van der Waals surface area contributed by atoms with Crippen LogP contribution in [0, 0.1) is 5.92 Å². The lowest BCUT2D eigenvalue weighted by Gasteiger charge is -2.38. The molecule has 3 aliphatic rings. The molecule has 1 N–H and O–H groups in total. The Kier molecular flexibility index (Phi) is 5.89. The molecule has 0 spiro atoms. The van der Waals surface area contributed by atoms with Crippen molar-refractivity contribution < 1.29 is 14.4 Å². The van der Waals surface area contributed by atoms with Gasteiger partial charge in [-0.3, -0.25) is 19.3 Å². The molecule has 1 saturated carbocycles. The Labute approximate surface area is 138 Å². The third-order valence-electron chi connectivity index (χ3n) is 5.31. The van der Waals surface area contributed by atoms with Crippen LogP contribution in [0.1, 0.15) is 51.4 Å². The molecule has 2 amide bonds. The smallest absolute Gasteiger partial charge is 0.248 e. The fourth-order valence-electron chi connectivity index (χ4n) is 3.96. The van der Waals surface area contributed by atoms with Crippen LogP contribution in [-0.4, -0.2) is 60.6 Å². The molecule has 2 saturated heterocycles. The zero-order chi connectivity index (χ0) is 16.1. The van der Waals surface area contributed by atoms with Gasteiger partial charge in [-0.2, -0.15) is 0 Å². The molecule has 23 heavy (non-hydrogen) atoms. The van der Waals surface area contributed by atoms with E-state index in [0.29, 0.717) is 25.6 Å². The summed E-state index contributed by atoms with van der Waals surface area (Å²) in [5, 5.41) is 4.38. The van der Waals surface area contributed by atoms with Crippen molar-refractivity contribution in [3.8, 4) is 0 Å². The van der Waals surface area contributed by atoms with Crippen molar-refractivity contribution in [1.29, 1.82) is 0 Å². The molecule has 0 bridgehead atoms. The summed E-state index contributed by atoms with van der Waals surface area (Å²) in [7, 11) is 0. The van der Waals surface area contributed by atoms with Crippen molar-refractivity contribution >= 4 is 11.8 Å². The van der Waals surface area contributed by atoms with Gasteiger partial charge >= 0.3 is 0 Å². The van der Waals surface area contributed by atoms with Crippen molar-refractivity contribution in [3.63, 3.8) is 0 Å². The van der Waals surface area contributed by atoms with Crippen LogP contribution in [0.15, 0.2) is 0 Å². The third-order valence-corrected chi connectivity index (χ3v) is 5.31. The minimum absolute atomic E-state index is 0.00239. The number of hydrogen-bond donors (Lipinski definition) is 1. The van der Waals surface area contributed by atoms with Crippen molar-refractivity contribution in [1.82, 2.24) is 15.3 Å². The Balaban J connectivity index is 1.58. The third kappa shape index (κ3) is 4.44. The van der Waals surface area contributed by atoms with Crippen LogP contribution in [0.2, 0.25) is 0 Å². The van der Waals surface area contributed by atoms with Gasteiger partial charge in [0.15, 0.2) is 0 Å². The zero-order valence-corrected chi connectivity index (χ0v) is 14.0. The van der Waals surface area contributed by atoms with Gasteiger partial charge in [-0.05, 0) is 31.6 Å². The fraction of sp³-hybridized carbons (Fsp3) is 0.882. The topological polar surface area (TPSA) is 61.9 Å². The number of piperazine rings is 1. The van der Waals surface area contributed by atoms with Crippen molar-refractivity contribution in [3.05, 3.63) is 0 Å². The Morgan fingerprint density at radius 2 is 1.96 bits per heavy atom. The number of amides is 2. The van der Waals surface area contributed by atoms with Crippen molar-refractivity contribution in [2.75, 3.05) is 32.8 Å². The van der Waals surface area contributed by atoms with Gasteiger partial charge in [0.25, 0.3) is 0 Å². The second-order valence-corrected chi connectivity index (χ2v) is 7.05. The predicted octanol–water partition coefficient (Wildman–Crippen LogP) is 1.31. The molecule has 6 nitrogen and oxygen atoms in total. The minimum atomic E-state index is -0.330. The number of nitrogens with zero attached hydrogens (tertiary/aromatic N) is 2. The summed E-state index contributed by atoms with van der Waals surface area (Å²) in [4.78, 5) is 32.4. The van der Waals surface area contributed by atoms with Gasteiger partial charge in [0.2, 0.25) is 11.8 Å². The minimum Gasteiger partial charge on any atom is -0.353 e. The second-order valence-electron chi connectivity index (χ2n) is 7.05. The first-order chi connectivity index (χ1) is 11.2. The number of carbonyl (C=O) groups excluding carboxylic acids is 2. The van der Waals surface area contributed by atoms with E-state index in [1.807, 2.05) is 0 Å². The summed E-state index contributed by atoms with van der Waals surface area (Å²) in [5.41, 5.74) is 0. The number of rotatable bonds is 4. The SMILES string of the molecule is O=C1NCCN(CC2CCCCC2)C1CC(=O)N1CCCCO1. The monoisotopic (exact) mass is 323 g/mol. The molecule has 6 heteroatoms. The lowest BCUT2D eigenvalue weighted by molar-refractivity contribution is -0.198. The average Bonchev–Trinajstić information content (AvgIpc) is 2.59. The molecular formula is C17H29N3O3. The molecule has 0 aromatic heterocycles. The molecule has 1 unspecified atom stereocenters. The summed E-state index contributed by atoms with van der Waals surface area (Å²) in [6, 6.07) is -0.330. The van der Waals surface area contributed by atoms with Gasteiger partial charge in [-0.15, -0.1) is 0 Å². The quantitative estimate of drug-likeness (QED) is 0.847. The van der Waals surface area contributed by atoms with Gasteiger partial charge in [0.05, 0.1) is 19.1 Å². The maximum atomic E-state index is 12.4. The van der Waals surface area contributed by atoms with Crippen LogP contribution in [0.25, 0.3) is 0 Å². The first-order valence-corrected chi connectivity index (χ1v) is 9.19. The van der Waals surface area contributed by atoms with E-state index >= 15 is 0 Å². The van der Waals surface area contributed by atoms with Crippen LogP contribution < -0.4 is 5.32 Å². The molecule has 0 radical (unpaired) electrons. The van der Waals surface area contributed by atoms with Gasteiger partial charge in [0.1, 0.15) is 0 Å². The first kappa shape index (κ1) is 16.7. The van der Waals surface area contributed by atoms with E-state index in [4.69, 9.17) is 4.84 Å². The molecule has 1 aliphatic carbocycles. The highest BCUT2D eigenvalue weighted by atomic mass is 16.7. The van der Waals surface area contributed by atoms with Crippen LogP contribution in [0.3, 0.4) is 0 Å². The highest BCUT2D eigenvalue weighted by molar-refractivity contribution is 5.88. The Morgan fingerprint density at radius 3 is 2.70 bits per heavy atom. The van der Waals surface area contributed by atoms with Crippen molar-refractivity contribution in [2.45, 2.75) is 57.4 Å². The molecule has 3 fully saturated rings. The van der Waals surface area contributed by atoms with Crippen LogP contribution in [0.4, 0.5) is 0 Å². The molecular weight excluding hydrogens is 294 g/mol. The van der Waals surface area contributed by atoms with Crippen molar-refractivity contribution in [2.24, 2.45) is 5.92 Å². The van der Waals surface area contributed by atoms with Crippen LogP contribution >= 0.6 is 0 Å². The number of carbonyl (C=O) groups is 2. The van der Waals surface area contributed by atoms with Crippen LogP contribution in [-0.2, 0) is 14.4 Å². The molecule has 2 aliphatic heterocycles. The molecule has 1 atom stereocenters. The van der Waals surface area contributed by atoms with E-state index in [0.717, 1.165) is 25.9 Å². The molecule has 2 heterocycles. The second kappa shape index (κ2) is 8.11. The largest absolute Gasteiger partial charge is 0.353 e. The molecule has 0 aromatic rings. The van der Waals surface area contributed by atoms with Gasteiger partial charge in [-0.1, -0.05) is 19.3 Å². The van der Waals surface area contributed by atoms with E-state index in [9.17, 15) is 9.59 Å². The summed E-state index contributed by atoms with van der Waals surface area (Å²) in [6.45, 7) is 3.74. The van der Waals surface area contributed by atoms with E-state index in [2.05, 4.69) is 10.2 Å². The molecule has 130 valence electrons. The van der Waals surface area contributed by atoms with Gasteiger partial charge in [-0.25, -0.2) is 5.06 Å². The summed E-state index contributed by atoms with van der Waals surface area (Å²) < 4.78 is 0. The lowest BCUT2D eigenvalue weighted by atomic mass is 9.88. The maximum Gasteiger partial charge on any atom is 0.248 e. The normalized spacial score (nSPS) is 27.7. The van der Waals surface area contributed by atoms with Gasteiger partial charge in [0, 0.05) is 26.2 Å². The van der Waals surface area contributed by atoms with Crippen LogP contribution in [0.5, 0.6) is 0 Å². The predicted molar refractivity (Wildman–Crippen MR) is 86.5 cm³/mol. The first-order valence-electron chi connectivity index (χ1n) is 9.19. The average molecular weight is 323 g/mol. The highest BCUT2D eigenvalue weighted by Gasteiger charge is 2.34.